The lowest BCUT2D eigenvalue weighted by Gasteiger charge is -2.13. The number of amides is 1. The second-order valence-electron chi connectivity index (χ2n) is 4.54. The van der Waals surface area contributed by atoms with Crippen molar-refractivity contribution in [1.29, 1.82) is 0 Å². The molecule has 24 heavy (non-hydrogen) atoms. The molecule has 1 aromatic heterocycles. The van der Waals surface area contributed by atoms with Crippen LogP contribution < -0.4 is 10.1 Å². The van der Waals surface area contributed by atoms with Crippen molar-refractivity contribution in [2.45, 2.75) is 19.6 Å². The topological polar surface area (TPSA) is 77.8 Å². The van der Waals surface area contributed by atoms with Gasteiger partial charge < -0.3 is 19.2 Å². The highest BCUT2D eigenvalue weighted by atomic mass is 35.5. The van der Waals surface area contributed by atoms with Crippen LogP contribution in [0.4, 0.5) is 14.5 Å². The number of halogens is 3. The van der Waals surface area contributed by atoms with E-state index in [1.54, 1.807) is 0 Å². The van der Waals surface area contributed by atoms with Crippen LogP contribution in [-0.4, -0.2) is 24.6 Å². The fourth-order valence-electron chi connectivity index (χ4n) is 1.68. The van der Waals surface area contributed by atoms with Gasteiger partial charge in [-0.25, -0.2) is 4.79 Å². The van der Waals surface area contributed by atoms with Gasteiger partial charge in [0, 0.05) is 5.69 Å². The maximum atomic E-state index is 12.1. The zero-order valence-corrected chi connectivity index (χ0v) is 13.0. The largest absolute Gasteiger partial charge is 0.457 e. The van der Waals surface area contributed by atoms with Gasteiger partial charge in [0.2, 0.25) is 5.76 Å². The standard InChI is InChI=1S/C15H12ClF2NO5/c1-8(23-14(21)12-3-2-6-22-12)13(20)19-9-4-5-11(10(16)7-9)24-15(17)18/h2-8,15H,1H3,(H,19,20)/t8-/m1/s1. The van der Waals surface area contributed by atoms with E-state index in [1.165, 1.54) is 43.5 Å². The highest BCUT2D eigenvalue weighted by Gasteiger charge is 2.21. The van der Waals surface area contributed by atoms with Crippen molar-refractivity contribution >= 4 is 29.2 Å². The fraction of sp³-hybridized carbons (Fsp3) is 0.200. The van der Waals surface area contributed by atoms with Crippen LogP contribution in [0.5, 0.6) is 5.75 Å². The minimum Gasteiger partial charge on any atom is -0.457 e. The molecule has 0 saturated carbocycles. The summed E-state index contributed by atoms with van der Waals surface area (Å²) >= 11 is 5.78. The van der Waals surface area contributed by atoms with Crippen molar-refractivity contribution in [2.24, 2.45) is 0 Å². The van der Waals surface area contributed by atoms with Gasteiger partial charge in [-0.05, 0) is 37.3 Å². The Kier molecular flexibility index (Phi) is 5.75. The zero-order chi connectivity index (χ0) is 17.7. The molecule has 128 valence electrons. The number of nitrogens with one attached hydrogen (secondary N) is 1. The monoisotopic (exact) mass is 359 g/mol. The maximum absolute atomic E-state index is 12.1. The molecular weight excluding hydrogens is 348 g/mol. The minimum absolute atomic E-state index is 0.0359. The molecule has 0 saturated heterocycles. The van der Waals surface area contributed by atoms with Crippen LogP contribution in [0.25, 0.3) is 0 Å². The lowest BCUT2D eigenvalue weighted by atomic mass is 10.2. The van der Waals surface area contributed by atoms with Gasteiger partial charge in [-0.2, -0.15) is 8.78 Å². The van der Waals surface area contributed by atoms with Crippen LogP contribution in [0, 0.1) is 0 Å². The summed E-state index contributed by atoms with van der Waals surface area (Å²) in [6.45, 7) is -1.64. The van der Waals surface area contributed by atoms with E-state index in [0.717, 1.165) is 0 Å². The van der Waals surface area contributed by atoms with E-state index in [-0.39, 0.29) is 22.2 Å². The minimum atomic E-state index is -3.01. The van der Waals surface area contributed by atoms with Crippen molar-refractivity contribution in [3.63, 3.8) is 0 Å². The summed E-state index contributed by atoms with van der Waals surface area (Å²) in [6, 6.07) is 6.64. The van der Waals surface area contributed by atoms with E-state index in [1.807, 2.05) is 0 Å². The Hall–Kier alpha value is -2.61. The van der Waals surface area contributed by atoms with Gasteiger partial charge in [0.1, 0.15) is 5.75 Å². The van der Waals surface area contributed by atoms with Crippen LogP contribution in [0.1, 0.15) is 17.5 Å². The predicted octanol–water partition coefficient (Wildman–Crippen LogP) is 3.72. The Labute approximate surface area is 140 Å². The first-order valence-corrected chi connectivity index (χ1v) is 7.04. The summed E-state index contributed by atoms with van der Waals surface area (Å²) in [6.07, 6.45) is 0.185. The summed E-state index contributed by atoms with van der Waals surface area (Å²) in [7, 11) is 0. The summed E-state index contributed by atoms with van der Waals surface area (Å²) in [5, 5.41) is 2.34. The Morgan fingerprint density at radius 1 is 1.29 bits per heavy atom. The number of furan rings is 1. The van der Waals surface area contributed by atoms with Gasteiger partial charge >= 0.3 is 12.6 Å². The number of rotatable bonds is 6. The molecule has 1 heterocycles. The Morgan fingerprint density at radius 3 is 2.62 bits per heavy atom. The summed E-state index contributed by atoms with van der Waals surface area (Å²) in [4.78, 5) is 23.6. The first-order valence-electron chi connectivity index (χ1n) is 6.66. The van der Waals surface area contributed by atoms with Gasteiger partial charge in [0.05, 0.1) is 11.3 Å². The molecule has 0 aliphatic rings. The highest BCUT2D eigenvalue weighted by Crippen LogP contribution is 2.29. The molecule has 0 bridgehead atoms. The molecule has 1 N–H and O–H groups in total. The first kappa shape index (κ1) is 17.7. The second kappa shape index (κ2) is 7.78. The second-order valence-corrected chi connectivity index (χ2v) is 4.94. The number of esters is 1. The molecule has 2 aromatic rings. The fourth-order valence-corrected chi connectivity index (χ4v) is 1.91. The van der Waals surface area contributed by atoms with Gasteiger partial charge in [0.15, 0.2) is 6.10 Å². The van der Waals surface area contributed by atoms with E-state index in [4.69, 9.17) is 20.8 Å². The molecule has 1 aromatic carbocycles. The molecular formula is C15H12ClF2NO5. The van der Waals surface area contributed by atoms with Gasteiger partial charge in [-0.1, -0.05) is 11.6 Å². The Morgan fingerprint density at radius 2 is 2.04 bits per heavy atom. The number of hydrogen-bond donors (Lipinski definition) is 1. The molecule has 0 aliphatic carbocycles. The molecule has 0 unspecified atom stereocenters. The van der Waals surface area contributed by atoms with Crippen LogP contribution >= 0.6 is 11.6 Å². The van der Waals surface area contributed by atoms with Gasteiger partial charge in [-0.3, -0.25) is 4.79 Å². The van der Waals surface area contributed by atoms with E-state index in [9.17, 15) is 18.4 Å². The number of hydrogen-bond acceptors (Lipinski definition) is 5. The van der Waals surface area contributed by atoms with Crippen LogP contribution in [-0.2, 0) is 9.53 Å². The number of ether oxygens (including phenoxy) is 2. The number of anilines is 1. The number of carbonyl (C=O) groups is 2. The molecule has 0 aliphatic heterocycles. The number of carbonyl (C=O) groups excluding carboxylic acids is 2. The Bertz CT molecular complexity index is 721. The average Bonchev–Trinajstić information content (AvgIpc) is 3.04. The number of benzene rings is 1. The third-order valence-corrected chi connectivity index (χ3v) is 3.09. The van der Waals surface area contributed by atoms with E-state index >= 15 is 0 Å². The van der Waals surface area contributed by atoms with Crippen molar-refractivity contribution in [1.82, 2.24) is 0 Å². The lowest BCUT2D eigenvalue weighted by molar-refractivity contribution is -0.123. The third-order valence-electron chi connectivity index (χ3n) is 2.79. The smallest absolute Gasteiger partial charge is 0.387 e. The average molecular weight is 360 g/mol. The quantitative estimate of drug-likeness (QED) is 0.795. The van der Waals surface area contributed by atoms with E-state index in [2.05, 4.69) is 10.1 Å². The molecule has 1 amide bonds. The van der Waals surface area contributed by atoms with Crippen molar-refractivity contribution < 1.29 is 32.3 Å². The SMILES string of the molecule is C[C@@H](OC(=O)c1ccco1)C(=O)Nc1ccc(OC(F)F)c(Cl)c1. The molecule has 0 fully saturated rings. The third kappa shape index (κ3) is 4.69. The maximum Gasteiger partial charge on any atom is 0.387 e. The van der Waals surface area contributed by atoms with Crippen molar-refractivity contribution in [3.05, 3.63) is 47.4 Å². The molecule has 0 spiro atoms. The van der Waals surface area contributed by atoms with E-state index < -0.39 is 24.6 Å². The first-order chi connectivity index (χ1) is 11.4. The molecule has 0 radical (unpaired) electrons. The predicted molar refractivity (Wildman–Crippen MR) is 80.3 cm³/mol. The van der Waals surface area contributed by atoms with Crippen LogP contribution in [0.3, 0.4) is 0 Å². The molecule has 6 nitrogen and oxygen atoms in total. The van der Waals surface area contributed by atoms with Crippen LogP contribution in [0.15, 0.2) is 41.0 Å². The summed E-state index contributed by atoms with van der Waals surface area (Å²) in [5.74, 6) is -1.68. The summed E-state index contributed by atoms with van der Waals surface area (Å²) < 4.78 is 38.3. The molecule has 2 rings (SSSR count). The van der Waals surface area contributed by atoms with Gasteiger partial charge in [-0.15, -0.1) is 0 Å². The summed E-state index contributed by atoms with van der Waals surface area (Å²) in [5.41, 5.74) is 0.229. The highest BCUT2D eigenvalue weighted by molar-refractivity contribution is 6.32. The van der Waals surface area contributed by atoms with Crippen molar-refractivity contribution in [3.8, 4) is 5.75 Å². The van der Waals surface area contributed by atoms with Gasteiger partial charge in [0.25, 0.3) is 5.91 Å². The lowest BCUT2D eigenvalue weighted by Crippen LogP contribution is -2.29. The molecule has 1 atom stereocenters. The molecule has 9 heteroatoms. The zero-order valence-electron chi connectivity index (χ0n) is 12.3. The Balaban J connectivity index is 1.96. The van der Waals surface area contributed by atoms with E-state index in [0.29, 0.717) is 0 Å². The van der Waals surface area contributed by atoms with Crippen molar-refractivity contribution in [2.75, 3.05) is 5.32 Å². The normalized spacial score (nSPS) is 11.9. The number of alkyl halides is 2. The van der Waals surface area contributed by atoms with Crippen LogP contribution in [0.2, 0.25) is 5.02 Å².